The average molecular weight is 455 g/mol. The van der Waals surface area contributed by atoms with Crippen molar-refractivity contribution in [1.29, 1.82) is 0 Å². The first kappa shape index (κ1) is 21.8. The Labute approximate surface area is 199 Å². The molecule has 0 saturated heterocycles. The number of carbonyl (C=O) groups is 2. The van der Waals surface area contributed by atoms with Gasteiger partial charge >= 0.3 is 0 Å². The van der Waals surface area contributed by atoms with Crippen molar-refractivity contribution in [2.75, 3.05) is 30.1 Å². The molecule has 3 aromatic rings. The summed E-state index contributed by atoms with van der Waals surface area (Å²) in [5.41, 5.74) is 4.12. The predicted molar refractivity (Wildman–Crippen MR) is 132 cm³/mol. The molecular weight excluding hydrogens is 428 g/mol. The number of para-hydroxylation sites is 1. The first-order chi connectivity index (χ1) is 16.6. The Kier molecular flexibility index (Phi) is 5.80. The number of amides is 2. The maximum Gasteiger partial charge on any atom is 0.282 e. The second-order valence-corrected chi connectivity index (χ2v) is 8.21. The predicted octanol–water partition coefficient (Wildman–Crippen LogP) is 4.83. The highest BCUT2D eigenvalue weighted by molar-refractivity contribution is 6.46. The Balaban J connectivity index is 1.66. The Morgan fingerprint density at radius 2 is 1.68 bits per heavy atom. The fourth-order valence-electron chi connectivity index (χ4n) is 4.67. The van der Waals surface area contributed by atoms with Crippen molar-refractivity contribution in [3.8, 4) is 11.5 Å². The number of imide groups is 1. The Bertz CT molecular complexity index is 1280. The smallest absolute Gasteiger partial charge is 0.282 e. The van der Waals surface area contributed by atoms with E-state index in [9.17, 15) is 9.59 Å². The number of methoxy groups -OCH3 is 1. The minimum atomic E-state index is -0.345. The highest BCUT2D eigenvalue weighted by Crippen LogP contribution is 2.40. The minimum Gasteiger partial charge on any atom is -0.497 e. The second kappa shape index (κ2) is 9.06. The van der Waals surface area contributed by atoms with Crippen molar-refractivity contribution in [3.05, 3.63) is 89.6 Å². The highest BCUT2D eigenvalue weighted by Gasteiger charge is 2.43. The Morgan fingerprint density at radius 3 is 2.44 bits per heavy atom. The van der Waals surface area contributed by atoms with Crippen LogP contribution in [0.5, 0.6) is 11.5 Å². The van der Waals surface area contributed by atoms with E-state index in [1.54, 1.807) is 37.4 Å². The van der Waals surface area contributed by atoms with Gasteiger partial charge in [0.15, 0.2) is 0 Å². The molecule has 34 heavy (non-hydrogen) atoms. The van der Waals surface area contributed by atoms with Crippen molar-refractivity contribution >= 4 is 28.8 Å². The monoisotopic (exact) mass is 454 g/mol. The molecule has 0 saturated carbocycles. The Hall–Kier alpha value is -4.06. The highest BCUT2D eigenvalue weighted by atomic mass is 16.5. The molecule has 0 aromatic heterocycles. The number of hydrogen-bond acceptors (Lipinski definition) is 5. The van der Waals surface area contributed by atoms with Gasteiger partial charge in [-0.1, -0.05) is 36.4 Å². The van der Waals surface area contributed by atoms with Crippen molar-refractivity contribution in [2.24, 2.45) is 0 Å². The van der Waals surface area contributed by atoms with E-state index in [2.05, 4.69) is 6.07 Å². The lowest BCUT2D eigenvalue weighted by Gasteiger charge is -2.32. The lowest BCUT2D eigenvalue weighted by Crippen LogP contribution is -2.37. The SMILES string of the molecule is CCOc1cccc(N2C(=O)C(c3ccc(OC)cc3)=C(N3CCCc4ccccc43)C2=O)c1. The van der Waals surface area contributed by atoms with Crippen molar-refractivity contribution in [2.45, 2.75) is 19.8 Å². The molecular formula is C28H26N2O4. The van der Waals surface area contributed by atoms with Crippen molar-refractivity contribution in [3.63, 3.8) is 0 Å². The van der Waals surface area contributed by atoms with Crippen molar-refractivity contribution < 1.29 is 19.1 Å². The summed E-state index contributed by atoms with van der Waals surface area (Å²) in [5.74, 6) is 0.624. The molecule has 2 aliphatic rings. The third kappa shape index (κ3) is 3.71. The van der Waals surface area contributed by atoms with E-state index in [1.165, 1.54) is 10.5 Å². The summed E-state index contributed by atoms with van der Waals surface area (Å²) in [6, 6.07) is 22.5. The van der Waals surface area contributed by atoms with Gasteiger partial charge in [0.05, 0.1) is 25.0 Å². The van der Waals surface area contributed by atoms with E-state index >= 15 is 0 Å². The number of carbonyl (C=O) groups excluding carboxylic acids is 2. The third-order valence-electron chi connectivity index (χ3n) is 6.21. The fraction of sp³-hybridized carbons (Fsp3) is 0.214. The molecule has 0 radical (unpaired) electrons. The molecule has 5 rings (SSSR count). The van der Waals surface area contributed by atoms with Crippen LogP contribution in [0.25, 0.3) is 5.57 Å². The first-order valence-corrected chi connectivity index (χ1v) is 11.5. The largest absolute Gasteiger partial charge is 0.497 e. The normalized spacial score (nSPS) is 15.6. The maximum absolute atomic E-state index is 13.9. The minimum absolute atomic E-state index is 0.332. The van der Waals surface area contributed by atoms with E-state index in [0.717, 1.165) is 18.5 Å². The van der Waals surface area contributed by atoms with Gasteiger partial charge in [0.1, 0.15) is 17.2 Å². The van der Waals surface area contributed by atoms with Gasteiger partial charge in [-0.25, -0.2) is 4.90 Å². The molecule has 0 spiro atoms. The maximum atomic E-state index is 13.9. The molecule has 172 valence electrons. The van der Waals surface area contributed by atoms with Gasteiger partial charge in [-0.05, 0) is 61.2 Å². The molecule has 6 heteroatoms. The van der Waals surface area contributed by atoms with Crippen LogP contribution >= 0.6 is 0 Å². The molecule has 0 unspecified atom stereocenters. The lowest BCUT2D eigenvalue weighted by molar-refractivity contribution is -0.120. The number of aryl methyl sites for hydroxylation is 1. The summed E-state index contributed by atoms with van der Waals surface area (Å²) < 4.78 is 10.9. The standard InChI is InChI=1S/C28H26N2O4/c1-3-34-23-11-6-10-21(18-23)30-27(31)25(20-13-15-22(33-2)16-14-20)26(28(30)32)29-17-7-9-19-8-4-5-12-24(19)29/h4-6,8,10-16,18H,3,7,9,17H2,1-2H3. The molecule has 6 nitrogen and oxygen atoms in total. The number of fused-ring (bicyclic) bond motifs is 1. The van der Waals surface area contributed by atoms with Crippen LogP contribution in [0.4, 0.5) is 11.4 Å². The number of benzene rings is 3. The quantitative estimate of drug-likeness (QED) is 0.500. The van der Waals surface area contributed by atoms with E-state index in [-0.39, 0.29) is 11.8 Å². The molecule has 0 aliphatic carbocycles. The third-order valence-corrected chi connectivity index (χ3v) is 6.21. The van der Waals surface area contributed by atoms with Crippen LogP contribution in [-0.2, 0) is 16.0 Å². The van der Waals surface area contributed by atoms with Crippen LogP contribution in [0.1, 0.15) is 24.5 Å². The van der Waals surface area contributed by atoms with Crippen LogP contribution in [0.15, 0.2) is 78.5 Å². The first-order valence-electron chi connectivity index (χ1n) is 11.5. The number of anilines is 2. The summed E-state index contributed by atoms with van der Waals surface area (Å²) in [7, 11) is 1.60. The van der Waals surface area contributed by atoms with Gasteiger partial charge in [-0.15, -0.1) is 0 Å². The number of hydrogen-bond donors (Lipinski definition) is 0. The zero-order chi connectivity index (χ0) is 23.7. The topological polar surface area (TPSA) is 59.1 Å². The zero-order valence-electron chi connectivity index (χ0n) is 19.3. The van der Waals surface area contributed by atoms with Gasteiger partial charge in [0, 0.05) is 18.3 Å². The summed E-state index contributed by atoms with van der Waals surface area (Å²) in [6.45, 7) is 3.06. The van der Waals surface area contributed by atoms with Crippen LogP contribution < -0.4 is 19.3 Å². The molecule has 0 N–H and O–H groups in total. The van der Waals surface area contributed by atoms with Gasteiger partial charge in [-0.2, -0.15) is 0 Å². The summed E-state index contributed by atoms with van der Waals surface area (Å²) in [4.78, 5) is 31.1. The number of nitrogens with zero attached hydrogens (tertiary/aromatic N) is 2. The molecule has 0 bridgehead atoms. The summed E-state index contributed by atoms with van der Waals surface area (Å²) in [5, 5.41) is 0. The molecule has 3 aromatic carbocycles. The number of rotatable bonds is 6. The molecule has 2 amide bonds. The van der Waals surface area contributed by atoms with Crippen molar-refractivity contribution in [1.82, 2.24) is 0 Å². The molecule has 2 heterocycles. The lowest BCUT2D eigenvalue weighted by atomic mass is 9.98. The summed E-state index contributed by atoms with van der Waals surface area (Å²) >= 11 is 0. The van der Waals surface area contributed by atoms with E-state index < -0.39 is 0 Å². The van der Waals surface area contributed by atoms with E-state index in [4.69, 9.17) is 9.47 Å². The zero-order valence-corrected chi connectivity index (χ0v) is 19.3. The summed E-state index contributed by atoms with van der Waals surface area (Å²) in [6.07, 6.45) is 1.85. The van der Waals surface area contributed by atoms with Gasteiger partial charge in [0.25, 0.3) is 11.8 Å². The van der Waals surface area contributed by atoms with Crippen LogP contribution in [0.2, 0.25) is 0 Å². The van der Waals surface area contributed by atoms with Gasteiger partial charge in [0.2, 0.25) is 0 Å². The number of ether oxygens (including phenoxy) is 2. The van der Waals surface area contributed by atoms with Gasteiger partial charge in [-0.3, -0.25) is 9.59 Å². The van der Waals surface area contributed by atoms with E-state index in [1.807, 2.05) is 48.2 Å². The van der Waals surface area contributed by atoms with E-state index in [0.29, 0.717) is 47.2 Å². The second-order valence-electron chi connectivity index (χ2n) is 8.21. The average Bonchev–Trinajstić information content (AvgIpc) is 3.13. The molecule has 2 aliphatic heterocycles. The molecule has 0 fully saturated rings. The Morgan fingerprint density at radius 1 is 0.882 bits per heavy atom. The fourth-order valence-corrected chi connectivity index (χ4v) is 4.67. The molecule has 0 atom stereocenters. The van der Waals surface area contributed by atoms with Crippen LogP contribution in [0, 0.1) is 0 Å². The van der Waals surface area contributed by atoms with Gasteiger partial charge < -0.3 is 14.4 Å². The van der Waals surface area contributed by atoms with Crippen LogP contribution in [-0.4, -0.2) is 32.1 Å². The van der Waals surface area contributed by atoms with Crippen LogP contribution in [0.3, 0.4) is 0 Å².